The number of hydrogen-bond acceptors (Lipinski definition) is 5. The van der Waals surface area contributed by atoms with Gasteiger partial charge in [0.2, 0.25) is 0 Å². The molecule has 0 saturated heterocycles. The zero-order valence-corrected chi connectivity index (χ0v) is 10.8. The van der Waals surface area contributed by atoms with Gasteiger partial charge in [-0.25, -0.2) is 0 Å². The highest BCUT2D eigenvalue weighted by molar-refractivity contribution is 5.95. The molecule has 0 spiro atoms. The van der Waals surface area contributed by atoms with Crippen LogP contribution in [0.15, 0.2) is 18.5 Å². The third kappa shape index (κ3) is 4.41. The Hall–Kier alpha value is -2.39. The lowest BCUT2D eigenvalue weighted by Crippen LogP contribution is -2.32. The van der Waals surface area contributed by atoms with E-state index < -0.39 is 5.97 Å². The van der Waals surface area contributed by atoms with Crippen molar-refractivity contribution in [3.8, 4) is 11.8 Å². The number of esters is 1. The lowest BCUT2D eigenvalue weighted by molar-refractivity contribution is -0.141. The summed E-state index contributed by atoms with van der Waals surface area (Å²) in [6.07, 6.45) is 2.96. The van der Waals surface area contributed by atoms with Crippen molar-refractivity contribution in [2.75, 3.05) is 27.2 Å². The summed E-state index contributed by atoms with van der Waals surface area (Å²) < 4.78 is 4.50. The molecule has 1 heterocycles. The van der Waals surface area contributed by atoms with Gasteiger partial charge in [0, 0.05) is 25.0 Å². The van der Waals surface area contributed by atoms with Gasteiger partial charge in [-0.05, 0) is 6.07 Å². The second-order valence-electron chi connectivity index (χ2n) is 3.71. The predicted molar refractivity (Wildman–Crippen MR) is 69.1 cm³/mol. The Morgan fingerprint density at radius 2 is 2.21 bits per heavy atom. The van der Waals surface area contributed by atoms with E-state index in [0.717, 1.165) is 0 Å². The molecule has 0 fully saturated rings. The summed E-state index contributed by atoms with van der Waals surface area (Å²) in [6, 6.07) is 1.60. The maximum Gasteiger partial charge on any atom is 0.325 e. The molecule has 2 N–H and O–H groups in total. The van der Waals surface area contributed by atoms with Gasteiger partial charge in [0.1, 0.15) is 6.54 Å². The zero-order chi connectivity index (χ0) is 14.3. The van der Waals surface area contributed by atoms with Crippen molar-refractivity contribution < 1.29 is 14.3 Å². The normalized spacial score (nSPS) is 9.21. The zero-order valence-electron chi connectivity index (χ0n) is 10.8. The van der Waals surface area contributed by atoms with Gasteiger partial charge in [0.25, 0.3) is 5.91 Å². The summed E-state index contributed by atoms with van der Waals surface area (Å²) in [5.74, 6) is 4.66. The molecule has 0 unspecified atom stereocenters. The first kappa shape index (κ1) is 14.7. The minimum absolute atomic E-state index is 0.117. The first-order valence-corrected chi connectivity index (χ1v) is 5.54. The van der Waals surface area contributed by atoms with Crippen LogP contribution in [0, 0.1) is 11.8 Å². The molecule has 1 rings (SSSR count). The number of methoxy groups -OCH3 is 1. The topological polar surface area (TPSA) is 85.5 Å². The molecule has 0 aliphatic carbocycles. The molecule has 6 nitrogen and oxygen atoms in total. The number of carbonyl (C=O) groups excluding carboxylic acids is 2. The van der Waals surface area contributed by atoms with Crippen molar-refractivity contribution >= 4 is 11.9 Å². The summed E-state index contributed by atoms with van der Waals surface area (Å²) in [5, 5.41) is 0. The number of nitrogens with zero attached hydrogens (tertiary/aromatic N) is 2. The average Bonchev–Trinajstić information content (AvgIpc) is 2.44. The van der Waals surface area contributed by atoms with Gasteiger partial charge in [-0.3, -0.25) is 14.6 Å². The van der Waals surface area contributed by atoms with Crippen LogP contribution < -0.4 is 5.73 Å². The molecule has 0 radical (unpaired) electrons. The van der Waals surface area contributed by atoms with E-state index in [1.807, 2.05) is 0 Å². The molecule has 0 aliphatic rings. The number of likely N-dealkylation sites (N-methyl/N-ethyl adjacent to an activating group) is 1. The van der Waals surface area contributed by atoms with Crippen LogP contribution in [0.4, 0.5) is 0 Å². The van der Waals surface area contributed by atoms with Gasteiger partial charge in [-0.1, -0.05) is 11.8 Å². The summed E-state index contributed by atoms with van der Waals surface area (Å²) in [5.41, 5.74) is 6.23. The van der Waals surface area contributed by atoms with E-state index in [1.165, 1.54) is 25.3 Å². The summed E-state index contributed by atoms with van der Waals surface area (Å²) >= 11 is 0. The Bertz CT molecular complexity index is 531. The van der Waals surface area contributed by atoms with E-state index >= 15 is 0 Å². The lowest BCUT2D eigenvalue weighted by atomic mass is 10.2. The van der Waals surface area contributed by atoms with Crippen LogP contribution in [-0.2, 0) is 9.53 Å². The Balaban J connectivity index is 2.84. The Kier molecular flexibility index (Phi) is 5.51. The molecular formula is C13H15N3O3. The fourth-order valence-corrected chi connectivity index (χ4v) is 1.33. The fraction of sp³-hybridized carbons (Fsp3) is 0.308. The fourth-order valence-electron chi connectivity index (χ4n) is 1.33. The molecule has 0 atom stereocenters. The standard InChI is InChI=1S/C13H15N3O3/c1-16(9-12(17)19-2)13(18)11-6-10(4-3-5-14)7-15-8-11/h6-8H,5,9,14H2,1-2H3. The number of aromatic nitrogens is 1. The maximum atomic E-state index is 12.0. The average molecular weight is 261 g/mol. The first-order valence-electron chi connectivity index (χ1n) is 5.54. The van der Waals surface area contributed by atoms with Gasteiger partial charge in [0.05, 0.1) is 19.2 Å². The summed E-state index contributed by atoms with van der Waals surface area (Å²) in [4.78, 5) is 28.3. The quantitative estimate of drug-likeness (QED) is 0.593. The van der Waals surface area contributed by atoms with Gasteiger partial charge in [0.15, 0.2) is 0 Å². The third-order valence-electron chi connectivity index (χ3n) is 2.26. The van der Waals surface area contributed by atoms with Crippen molar-refractivity contribution in [3.05, 3.63) is 29.6 Å². The number of ether oxygens (including phenoxy) is 1. The Labute approximate surface area is 111 Å². The second kappa shape index (κ2) is 7.13. The van der Waals surface area contributed by atoms with Crippen molar-refractivity contribution in [1.82, 2.24) is 9.88 Å². The number of pyridine rings is 1. The molecule has 19 heavy (non-hydrogen) atoms. The van der Waals surface area contributed by atoms with Crippen LogP contribution in [0.25, 0.3) is 0 Å². The minimum Gasteiger partial charge on any atom is -0.468 e. The molecule has 0 aliphatic heterocycles. The van der Waals surface area contributed by atoms with Crippen LogP contribution in [-0.4, -0.2) is 49.0 Å². The van der Waals surface area contributed by atoms with Crippen molar-refractivity contribution in [1.29, 1.82) is 0 Å². The monoisotopic (exact) mass is 261 g/mol. The van der Waals surface area contributed by atoms with Gasteiger partial charge < -0.3 is 15.4 Å². The SMILES string of the molecule is COC(=O)CN(C)C(=O)c1cncc(C#CCN)c1. The third-order valence-corrected chi connectivity index (χ3v) is 2.26. The van der Waals surface area contributed by atoms with Crippen LogP contribution >= 0.6 is 0 Å². The van der Waals surface area contributed by atoms with Crippen LogP contribution in [0.1, 0.15) is 15.9 Å². The number of carbonyl (C=O) groups is 2. The highest BCUT2D eigenvalue weighted by Crippen LogP contribution is 2.05. The highest BCUT2D eigenvalue weighted by atomic mass is 16.5. The minimum atomic E-state index is -0.483. The van der Waals surface area contributed by atoms with Crippen molar-refractivity contribution in [2.45, 2.75) is 0 Å². The maximum absolute atomic E-state index is 12.0. The molecule has 0 aromatic carbocycles. The number of hydrogen-bond donors (Lipinski definition) is 1. The van der Waals surface area contributed by atoms with Crippen LogP contribution in [0.3, 0.4) is 0 Å². The summed E-state index contributed by atoms with van der Waals surface area (Å²) in [7, 11) is 2.78. The van der Waals surface area contributed by atoms with Gasteiger partial charge >= 0.3 is 5.97 Å². The van der Waals surface area contributed by atoms with Crippen molar-refractivity contribution in [2.24, 2.45) is 5.73 Å². The van der Waals surface area contributed by atoms with Crippen LogP contribution in [0.2, 0.25) is 0 Å². The lowest BCUT2D eigenvalue weighted by Gasteiger charge is -2.15. The molecule has 0 bridgehead atoms. The molecule has 100 valence electrons. The molecule has 1 amide bonds. The molecule has 1 aromatic heterocycles. The molecule has 6 heteroatoms. The molecular weight excluding hydrogens is 246 g/mol. The van der Waals surface area contributed by atoms with Gasteiger partial charge in [-0.15, -0.1) is 0 Å². The largest absolute Gasteiger partial charge is 0.468 e. The highest BCUT2D eigenvalue weighted by Gasteiger charge is 2.15. The smallest absolute Gasteiger partial charge is 0.325 e. The van der Waals surface area contributed by atoms with E-state index in [1.54, 1.807) is 12.3 Å². The van der Waals surface area contributed by atoms with Crippen molar-refractivity contribution in [3.63, 3.8) is 0 Å². The number of amides is 1. The molecule has 1 aromatic rings. The number of rotatable bonds is 3. The van der Waals surface area contributed by atoms with E-state index in [9.17, 15) is 9.59 Å². The number of nitrogens with two attached hydrogens (primary N) is 1. The first-order chi connectivity index (χ1) is 9.08. The Morgan fingerprint density at radius 1 is 1.47 bits per heavy atom. The predicted octanol–water partition coefficient (Wildman–Crippen LogP) is -0.363. The van der Waals surface area contributed by atoms with E-state index in [2.05, 4.69) is 21.6 Å². The second-order valence-corrected chi connectivity index (χ2v) is 3.71. The van der Waals surface area contributed by atoms with E-state index in [-0.39, 0.29) is 19.0 Å². The van der Waals surface area contributed by atoms with Gasteiger partial charge in [-0.2, -0.15) is 0 Å². The molecule has 0 saturated carbocycles. The Morgan fingerprint density at radius 3 is 2.84 bits per heavy atom. The van der Waals surface area contributed by atoms with Crippen LogP contribution in [0.5, 0.6) is 0 Å². The summed E-state index contributed by atoms with van der Waals surface area (Å²) in [6.45, 7) is 0.120. The van der Waals surface area contributed by atoms with E-state index in [4.69, 9.17) is 5.73 Å². The van der Waals surface area contributed by atoms with E-state index in [0.29, 0.717) is 11.1 Å².